The molecule has 1 aliphatic rings. The van der Waals surface area contributed by atoms with Crippen molar-refractivity contribution in [2.75, 3.05) is 19.0 Å². The van der Waals surface area contributed by atoms with Gasteiger partial charge in [-0.05, 0) is 11.5 Å². The Morgan fingerprint density at radius 3 is 2.53 bits per heavy atom. The van der Waals surface area contributed by atoms with E-state index in [0.29, 0.717) is 17.7 Å². The summed E-state index contributed by atoms with van der Waals surface area (Å²) in [6, 6.07) is 10.1. The molecule has 1 saturated heterocycles. The van der Waals surface area contributed by atoms with Crippen molar-refractivity contribution in [3.63, 3.8) is 0 Å². The van der Waals surface area contributed by atoms with Crippen molar-refractivity contribution in [2.45, 2.75) is 26.2 Å². The first-order valence-corrected chi connectivity index (χ1v) is 7.60. The SMILES string of the molecule is CCC(C)C(C(=O)N1CC(CCl)C1)c1ccccc1. The molecule has 0 aliphatic carbocycles. The molecule has 2 rings (SSSR count). The van der Waals surface area contributed by atoms with Gasteiger partial charge in [0.05, 0.1) is 5.92 Å². The number of rotatable bonds is 5. The van der Waals surface area contributed by atoms with Gasteiger partial charge in [-0.1, -0.05) is 50.6 Å². The molecule has 1 aromatic carbocycles. The van der Waals surface area contributed by atoms with Gasteiger partial charge in [0.2, 0.25) is 5.91 Å². The number of nitrogens with zero attached hydrogens (tertiary/aromatic N) is 1. The van der Waals surface area contributed by atoms with E-state index in [1.165, 1.54) is 0 Å². The van der Waals surface area contributed by atoms with Crippen molar-refractivity contribution in [1.82, 2.24) is 4.90 Å². The third-order valence-electron chi connectivity index (χ3n) is 4.12. The summed E-state index contributed by atoms with van der Waals surface area (Å²) in [5.74, 6) is 1.76. The number of benzene rings is 1. The first kappa shape index (κ1) is 14.4. The van der Waals surface area contributed by atoms with E-state index in [0.717, 1.165) is 25.1 Å². The lowest BCUT2D eigenvalue weighted by Crippen LogP contribution is -2.52. The number of hydrogen-bond acceptors (Lipinski definition) is 1. The van der Waals surface area contributed by atoms with Crippen LogP contribution in [0.25, 0.3) is 0 Å². The van der Waals surface area contributed by atoms with Gasteiger partial charge in [0.15, 0.2) is 0 Å². The predicted octanol–water partition coefficient (Wildman–Crippen LogP) is 3.51. The van der Waals surface area contributed by atoms with E-state index < -0.39 is 0 Å². The van der Waals surface area contributed by atoms with E-state index in [1.54, 1.807) is 0 Å². The van der Waals surface area contributed by atoms with E-state index in [2.05, 4.69) is 26.0 Å². The van der Waals surface area contributed by atoms with Gasteiger partial charge in [-0.3, -0.25) is 4.79 Å². The molecule has 104 valence electrons. The lowest BCUT2D eigenvalue weighted by Gasteiger charge is -2.41. The second-order valence-corrected chi connectivity index (χ2v) is 5.85. The quantitative estimate of drug-likeness (QED) is 0.755. The van der Waals surface area contributed by atoms with Crippen LogP contribution in [0.2, 0.25) is 0 Å². The number of alkyl halides is 1. The molecule has 19 heavy (non-hydrogen) atoms. The lowest BCUT2D eigenvalue weighted by molar-refractivity contribution is -0.139. The normalized spacial score (nSPS) is 18.8. The Labute approximate surface area is 120 Å². The Bertz CT molecular complexity index is 414. The van der Waals surface area contributed by atoms with Gasteiger partial charge in [-0.25, -0.2) is 0 Å². The standard InChI is InChI=1S/C16H22ClNO/c1-3-12(2)15(14-7-5-4-6-8-14)16(19)18-10-13(9-17)11-18/h4-8,12-13,15H,3,9-11H2,1-2H3. The topological polar surface area (TPSA) is 20.3 Å². The second-order valence-electron chi connectivity index (χ2n) is 5.54. The molecule has 0 aromatic heterocycles. The molecular weight excluding hydrogens is 258 g/mol. The summed E-state index contributed by atoms with van der Waals surface area (Å²) >= 11 is 5.82. The van der Waals surface area contributed by atoms with Crippen LogP contribution in [-0.2, 0) is 4.79 Å². The maximum absolute atomic E-state index is 12.7. The van der Waals surface area contributed by atoms with Crippen LogP contribution in [0.3, 0.4) is 0 Å². The minimum absolute atomic E-state index is 0.0116. The Morgan fingerprint density at radius 1 is 1.37 bits per heavy atom. The maximum atomic E-state index is 12.7. The number of likely N-dealkylation sites (tertiary alicyclic amines) is 1. The highest BCUT2D eigenvalue weighted by Gasteiger charge is 2.36. The Morgan fingerprint density at radius 2 is 2.00 bits per heavy atom. The van der Waals surface area contributed by atoms with E-state index in [9.17, 15) is 4.79 Å². The number of hydrogen-bond donors (Lipinski definition) is 0. The number of halogens is 1. The number of carbonyl (C=O) groups is 1. The molecule has 2 nitrogen and oxygen atoms in total. The Hall–Kier alpha value is -1.02. The zero-order valence-electron chi connectivity index (χ0n) is 11.7. The molecular formula is C16H22ClNO. The van der Waals surface area contributed by atoms with Crippen LogP contribution in [-0.4, -0.2) is 29.8 Å². The predicted molar refractivity (Wildman–Crippen MR) is 79.4 cm³/mol. The molecule has 0 bridgehead atoms. The largest absolute Gasteiger partial charge is 0.341 e. The molecule has 0 spiro atoms. The summed E-state index contributed by atoms with van der Waals surface area (Å²) in [4.78, 5) is 14.6. The number of carbonyl (C=O) groups excluding carboxylic acids is 1. The molecule has 0 radical (unpaired) electrons. The van der Waals surface area contributed by atoms with Crippen molar-refractivity contribution in [3.05, 3.63) is 35.9 Å². The van der Waals surface area contributed by atoms with Gasteiger partial charge in [0.25, 0.3) is 0 Å². The van der Waals surface area contributed by atoms with Crippen LogP contribution in [0.5, 0.6) is 0 Å². The maximum Gasteiger partial charge on any atom is 0.230 e. The van der Waals surface area contributed by atoms with Crippen LogP contribution in [0.4, 0.5) is 0 Å². The smallest absolute Gasteiger partial charge is 0.230 e. The minimum Gasteiger partial charge on any atom is -0.341 e. The first-order chi connectivity index (χ1) is 9.17. The van der Waals surface area contributed by atoms with E-state index in [1.807, 2.05) is 23.1 Å². The van der Waals surface area contributed by atoms with Crippen molar-refractivity contribution in [2.24, 2.45) is 11.8 Å². The molecule has 1 heterocycles. The van der Waals surface area contributed by atoms with Crippen LogP contribution >= 0.6 is 11.6 Å². The average Bonchev–Trinajstić information content (AvgIpc) is 2.39. The molecule has 2 unspecified atom stereocenters. The van der Waals surface area contributed by atoms with Gasteiger partial charge < -0.3 is 4.90 Å². The first-order valence-electron chi connectivity index (χ1n) is 7.07. The third kappa shape index (κ3) is 3.11. The van der Waals surface area contributed by atoms with Gasteiger partial charge in [-0.15, -0.1) is 11.6 Å². The van der Waals surface area contributed by atoms with Crippen LogP contribution in [0.1, 0.15) is 31.7 Å². The summed E-state index contributed by atoms with van der Waals surface area (Å²) in [6.45, 7) is 5.95. The number of amides is 1. The van der Waals surface area contributed by atoms with Crippen LogP contribution < -0.4 is 0 Å². The fourth-order valence-electron chi connectivity index (χ4n) is 2.65. The lowest BCUT2D eigenvalue weighted by atomic mass is 9.83. The van der Waals surface area contributed by atoms with E-state index >= 15 is 0 Å². The van der Waals surface area contributed by atoms with Crippen LogP contribution in [0.15, 0.2) is 30.3 Å². The average molecular weight is 280 g/mol. The zero-order valence-corrected chi connectivity index (χ0v) is 12.4. The molecule has 3 heteroatoms. The van der Waals surface area contributed by atoms with Gasteiger partial charge >= 0.3 is 0 Å². The second kappa shape index (κ2) is 6.42. The Balaban J connectivity index is 2.13. The van der Waals surface area contributed by atoms with Gasteiger partial charge in [-0.2, -0.15) is 0 Å². The molecule has 1 aromatic rings. The van der Waals surface area contributed by atoms with E-state index in [4.69, 9.17) is 11.6 Å². The molecule has 1 aliphatic heterocycles. The summed E-state index contributed by atoms with van der Waals surface area (Å²) in [5, 5.41) is 0. The van der Waals surface area contributed by atoms with Crippen molar-refractivity contribution >= 4 is 17.5 Å². The highest BCUT2D eigenvalue weighted by molar-refractivity contribution is 6.18. The molecule has 1 fully saturated rings. The molecule has 2 atom stereocenters. The highest BCUT2D eigenvalue weighted by Crippen LogP contribution is 2.31. The van der Waals surface area contributed by atoms with Gasteiger partial charge in [0.1, 0.15) is 0 Å². The van der Waals surface area contributed by atoms with Crippen molar-refractivity contribution in [3.8, 4) is 0 Å². The fourth-order valence-corrected chi connectivity index (χ4v) is 2.85. The van der Waals surface area contributed by atoms with E-state index in [-0.39, 0.29) is 11.8 Å². The highest BCUT2D eigenvalue weighted by atomic mass is 35.5. The summed E-state index contributed by atoms with van der Waals surface area (Å²) in [6.07, 6.45) is 1.01. The minimum atomic E-state index is -0.0116. The molecule has 0 saturated carbocycles. The summed E-state index contributed by atoms with van der Waals surface area (Å²) in [7, 11) is 0. The zero-order chi connectivity index (χ0) is 13.8. The van der Waals surface area contributed by atoms with Crippen LogP contribution in [0, 0.1) is 11.8 Å². The summed E-state index contributed by atoms with van der Waals surface area (Å²) < 4.78 is 0. The Kier molecular flexibility index (Phi) is 4.87. The molecule has 0 N–H and O–H groups in total. The third-order valence-corrected chi connectivity index (χ3v) is 4.56. The van der Waals surface area contributed by atoms with Crippen molar-refractivity contribution in [1.29, 1.82) is 0 Å². The van der Waals surface area contributed by atoms with Gasteiger partial charge in [0, 0.05) is 24.9 Å². The summed E-state index contributed by atoms with van der Waals surface area (Å²) in [5.41, 5.74) is 1.14. The molecule has 1 amide bonds. The monoisotopic (exact) mass is 279 g/mol. The fraction of sp³-hybridized carbons (Fsp3) is 0.562. The van der Waals surface area contributed by atoms with Crippen molar-refractivity contribution < 1.29 is 4.79 Å².